The summed E-state index contributed by atoms with van der Waals surface area (Å²) in [6, 6.07) is 8.02. The molecule has 2 fully saturated rings. The third kappa shape index (κ3) is 2.38. The number of aryl methyl sites for hydroxylation is 1. The van der Waals surface area contributed by atoms with Crippen molar-refractivity contribution in [2.45, 2.75) is 63.7 Å². The number of hydrogen-bond acceptors (Lipinski definition) is 2. The molecule has 1 N–H and O–H groups in total. The number of nitrogens with one attached hydrogen (secondary N) is 1. The average molecular weight is 276 g/mol. The first-order valence-corrected chi connectivity index (χ1v) is 7.81. The maximum atomic E-state index is 13.8. The van der Waals surface area contributed by atoms with Crippen molar-refractivity contribution in [2.24, 2.45) is 0 Å². The quantitative estimate of drug-likeness (QED) is 0.910. The highest BCUT2D eigenvalue weighted by Crippen LogP contribution is 2.41. The molecule has 20 heavy (non-hydrogen) atoms. The van der Waals surface area contributed by atoms with Gasteiger partial charge in [0.15, 0.2) is 0 Å². The molecule has 3 rings (SSSR count). The molecule has 3 unspecified atom stereocenters. The fraction of sp³-hybridized carbons (Fsp3) is 0.647. The molecule has 0 radical (unpaired) electrons. The van der Waals surface area contributed by atoms with E-state index in [0.717, 1.165) is 11.1 Å². The number of nitrogens with zero attached hydrogens (tertiary/aromatic N) is 1. The fourth-order valence-corrected chi connectivity index (χ4v) is 4.12. The minimum atomic E-state index is -0.0770. The van der Waals surface area contributed by atoms with Crippen molar-refractivity contribution in [3.8, 4) is 0 Å². The molecule has 3 atom stereocenters. The lowest BCUT2D eigenvalue weighted by atomic mass is 9.93. The zero-order valence-corrected chi connectivity index (χ0v) is 12.7. The van der Waals surface area contributed by atoms with E-state index in [9.17, 15) is 4.39 Å². The fourth-order valence-electron chi connectivity index (χ4n) is 4.12. The summed E-state index contributed by atoms with van der Waals surface area (Å²) in [6.07, 6.45) is 5.04. The van der Waals surface area contributed by atoms with Crippen LogP contribution in [0.5, 0.6) is 0 Å². The monoisotopic (exact) mass is 276 g/mol. The summed E-state index contributed by atoms with van der Waals surface area (Å²) in [5.74, 6) is -0.0770. The van der Waals surface area contributed by atoms with Crippen LogP contribution in [0.4, 0.5) is 4.39 Å². The predicted molar refractivity (Wildman–Crippen MR) is 80.3 cm³/mol. The Morgan fingerprint density at radius 1 is 1.25 bits per heavy atom. The predicted octanol–water partition coefficient (Wildman–Crippen LogP) is 3.41. The third-order valence-electron chi connectivity index (χ3n) is 5.32. The second kappa shape index (κ2) is 5.45. The van der Waals surface area contributed by atoms with Crippen LogP contribution in [0.1, 0.15) is 49.8 Å². The summed E-state index contributed by atoms with van der Waals surface area (Å²) in [6.45, 7) is 4.06. The van der Waals surface area contributed by atoms with E-state index in [1.165, 1.54) is 25.7 Å². The van der Waals surface area contributed by atoms with Gasteiger partial charge in [-0.2, -0.15) is 0 Å². The molecule has 2 aliphatic heterocycles. The molecule has 0 amide bonds. The Morgan fingerprint density at radius 2 is 1.90 bits per heavy atom. The van der Waals surface area contributed by atoms with Gasteiger partial charge in [0.2, 0.25) is 0 Å². The van der Waals surface area contributed by atoms with Crippen LogP contribution in [0, 0.1) is 12.7 Å². The van der Waals surface area contributed by atoms with E-state index in [2.05, 4.69) is 30.3 Å². The zero-order chi connectivity index (χ0) is 14.3. The molecule has 0 spiro atoms. The molecule has 110 valence electrons. The Hall–Kier alpha value is -0.930. The third-order valence-corrected chi connectivity index (χ3v) is 5.32. The Labute approximate surface area is 121 Å². The van der Waals surface area contributed by atoms with E-state index in [-0.39, 0.29) is 5.82 Å². The van der Waals surface area contributed by atoms with Gasteiger partial charge in [-0.1, -0.05) is 12.1 Å². The van der Waals surface area contributed by atoms with Gasteiger partial charge < -0.3 is 5.32 Å². The summed E-state index contributed by atoms with van der Waals surface area (Å²) in [5, 5.41) is 3.43. The Kier molecular flexibility index (Phi) is 3.83. The van der Waals surface area contributed by atoms with E-state index in [1.54, 1.807) is 6.07 Å². The lowest BCUT2D eigenvalue weighted by molar-refractivity contribution is 0.0787. The SMILES string of the molecule is CNC1CC2CCC(C1)N2C(C)c1ccc(C)c(F)c1. The first kappa shape index (κ1) is 14.0. The largest absolute Gasteiger partial charge is 0.317 e. The van der Waals surface area contributed by atoms with Crippen molar-refractivity contribution in [1.82, 2.24) is 10.2 Å². The summed E-state index contributed by atoms with van der Waals surface area (Å²) in [5.41, 5.74) is 1.85. The lowest BCUT2D eigenvalue weighted by Crippen LogP contribution is -2.49. The van der Waals surface area contributed by atoms with Crippen LogP contribution in [0.15, 0.2) is 18.2 Å². The summed E-state index contributed by atoms with van der Waals surface area (Å²) in [4.78, 5) is 2.64. The van der Waals surface area contributed by atoms with Crippen molar-refractivity contribution >= 4 is 0 Å². The second-order valence-electron chi connectivity index (χ2n) is 6.47. The maximum Gasteiger partial charge on any atom is 0.126 e. The molecule has 0 aromatic heterocycles. The first-order valence-electron chi connectivity index (χ1n) is 7.81. The highest BCUT2D eigenvalue weighted by molar-refractivity contribution is 5.26. The molecule has 2 saturated heterocycles. The second-order valence-corrected chi connectivity index (χ2v) is 6.47. The van der Waals surface area contributed by atoms with Crippen molar-refractivity contribution in [3.63, 3.8) is 0 Å². The van der Waals surface area contributed by atoms with Crippen LogP contribution < -0.4 is 5.32 Å². The van der Waals surface area contributed by atoms with Crippen LogP contribution in [0.25, 0.3) is 0 Å². The Morgan fingerprint density at radius 3 is 2.45 bits per heavy atom. The molecular formula is C17H25FN2. The molecular weight excluding hydrogens is 251 g/mol. The van der Waals surface area contributed by atoms with Gasteiger partial charge in [-0.15, -0.1) is 0 Å². The van der Waals surface area contributed by atoms with Gasteiger partial charge in [0, 0.05) is 24.2 Å². The number of fused-ring (bicyclic) bond motifs is 2. The zero-order valence-electron chi connectivity index (χ0n) is 12.7. The van der Waals surface area contributed by atoms with Gasteiger partial charge in [0.1, 0.15) is 5.82 Å². The molecule has 2 nitrogen and oxygen atoms in total. The van der Waals surface area contributed by atoms with E-state index in [0.29, 0.717) is 24.2 Å². The smallest absolute Gasteiger partial charge is 0.126 e. The van der Waals surface area contributed by atoms with Gasteiger partial charge in [-0.25, -0.2) is 4.39 Å². The van der Waals surface area contributed by atoms with E-state index in [4.69, 9.17) is 0 Å². The van der Waals surface area contributed by atoms with Crippen LogP contribution in [0.2, 0.25) is 0 Å². The van der Waals surface area contributed by atoms with E-state index in [1.807, 2.05) is 13.0 Å². The Balaban J connectivity index is 1.81. The number of piperidine rings is 1. The van der Waals surface area contributed by atoms with Crippen LogP contribution in [0.3, 0.4) is 0 Å². The van der Waals surface area contributed by atoms with Gasteiger partial charge in [0.05, 0.1) is 0 Å². The molecule has 0 saturated carbocycles. The lowest BCUT2D eigenvalue weighted by Gasteiger charge is -2.42. The number of hydrogen-bond donors (Lipinski definition) is 1. The van der Waals surface area contributed by atoms with Gasteiger partial charge >= 0.3 is 0 Å². The van der Waals surface area contributed by atoms with Gasteiger partial charge in [-0.05, 0) is 63.8 Å². The molecule has 1 aromatic rings. The van der Waals surface area contributed by atoms with Crippen molar-refractivity contribution < 1.29 is 4.39 Å². The Bertz CT molecular complexity index is 474. The number of halogens is 1. The minimum Gasteiger partial charge on any atom is -0.317 e. The topological polar surface area (TPSA) is 15.3 Å². The minimum absolute atomic E-state index is 0.0770. The maximum absolute atomic E-state index is 13.8. The molecule has 2 bridgehead atoms. The first-order chi connectivity index (χ1) is 9.60. The highest BCUT2D eigenvalue weighted by atomic mass is 19.1. The van der Waals surface area contributed by atoms with E-state index >= 15 is 0 Å². The number of benzene rings is 1. The average Bonchev–Trinajstić information content (AvgIpc) is 2.71. The van der Waals surface area contributed by atoms with Crippen LogP contribution in [-0.2, 0) is 0 Å². The normalized spacial score (nSPS) is 31.5. The van der Waals surface area contributed by atoms with Crippen LogP contribution in [-0.4, -0.2) is 30.1 Å². The molecule has 2 aliphatic rings. The molecule has 0 aliphatic carbocycles. The summed E-state index contributed by atoms with van der Waals surface area (Å²) >= 11 is 0. The standard InChI is InChI=1S/C17H25FN2/c1-11-4-5-13(8-17(11)18)12(2)20-15-6-7-16(20)10-14(9-15)19-3/h4-5,8,12,14-16,19H,6-7,9-10H2,1-3H3. The summed E-state index contributed by atoms with van der Waals surface area (Å²) < 4.78 is 13.8. The van der Waals surface area contributed by atoms with Crippen molar-refractivity contribution in [1.29, 1.82) is 0 Å². The number of rotatable bonds is 3. The van der Waals surface area contributed by atoms with E-state index < -0.39 is 0 Å². The molecule has 2 heterocycles. The summed E-state index contributed by atoms with van der Waals surface area (Å²) in [7, 11) is 2.07. The van der Waals surface area contributed by atoms with Gasteiger partial charge in [0.25, 0.3) is 0 Å². The molecule has 1 aromatic carbocycles. The highest BCUT2D eigenvalue weighted by Gasteiger charge is 2.42. The molecule has 3 heteroatoms. The van der Waals surface area contributed by atoms with Gasteiger partial charge in [-0.3, -0.25) is 4.90 Å². The van der Waals surface area contributed by atoms with Crippen molar-refractivity contribution in [3.05, 3.63) is 35.1 Å². The van der Waals surface area contributed by atoms with Crippen molar-refractivity contribution in [2.75, 3.05) is 7.05 Å². The van der Waals surface area contributed by atoms with Crippen LogP contribution >= 0.6 is 0 Å².